The fraction of sp³-hybridized carbons (Fsp3) is 0.500. The van der Waals surface area contributed by atoms with Crippen molar-refractivity contribution >= 4 is 77.6 Å². The van der Waals surface area contributed by atoms with Gasteiger partial charge >= 0.3 is 5.97 Å². The summed E-state index contributed by atoms with van der Waals surface area (Å²) in [6, 6.07) is 0. The summed E-state index contributed by atoms with van der Waals surface area (Å²) in [6.07, 6.45) is 0. The minimum Gasteiger partial charge on any atom is -0.481 e. The second-order valence-corrected chi connectivity index (χ2v) is 9.64. The van der Waals surface area contributed by atoms with Crippen molar-refractivity contribution in [2.24, 2.45) is 0 Å². The zero-order valence-electron chi connectivity index (χ0n) is 12.4. The third kappa shape index (κ3) is 320. The summed E-state index contributed by atoms with van der Waals surface area (Å²) in [4.78, 5) is 45.9. The predicted octanol–water partition coefficient (Wildman–Crippen LogP) is 2.27. The molecule has 0 spiro atoms. The fourth-order valence-electron chi connectivity index (χ4n) is 0. The number of rotatable bonds is 0. The Morgan fingerprint density at radius 1 is 0.565 bits per heavy atom. The summed E-state index contributed by atoms with van der Waals surface area (Å²) >= 11 is 8.33. The van der Waals surface area contributed by atoms with Crippen molar-refractivity contribution in [3.8, 4) is 0 Å². The molecule has 0 rings (SSSR count). The fourth-order valence-corrected chi connectivity index (χ4v) is 0. The number of hydrogen-bond acceptors (Lipinski definition) is 5. The highest BCUT2D eigenvalue weighted by atomic mass is 80.0. The van der Waals surface area contributed by atoms with E-state index in [2.05, 4.69) is 47.8 Å². The van der Waals surface area contributed by atoms with Crippen LogP contribution in [0, 0.1) is 0 Å². The van der Waals surface area contributed by atoms with Crippen LogP contribution >= 0.6 is 47.8 Å². The molecule has 138 valence electrons. The van der Waals surface area contributed by atoms with Crippen LogP contribution in [-0.4, -0.2) is 57.5 Å². The molecule has 0 aliphatic rings. The zero-order valence-corrected chi connectivity index (χ0v) is 17.2. The van der Waals surface area contributed by atoms with E-state index in [9.17, 15) is 4.79 Å². The van der Waals surface area contributed by atoms with Gasteiger partial charge in [0, 0.05) is 27.7 Å². The van der Waals surface area contributed by atoms with Gasteiger partial charge in [0.15, 0.2) is 0 Å². The van der Waals surface area contributed by atoms with Gasteiger partial charge in [0.25, 0.3) is 23.9 Å². The smallest absolute Gasteiger partial charge is 0.342 e. The van der Waals surface area contributed by atoms with E-state index in [4.69, 9.17) is 44.7 Å². The summed E-state index contributed by atoms with van der Waals surface area (Å²) in [7, 11) is 0. The SMILES string of the molecule is CC(=O)O.CC(=O)O.CC(=O)O.CC(=O)O.O=C(O)C(Br)(Br)Br. The zero-order chi connectivity index (χ0) is 20.4. The van der Waals surface area contributed by atoms with Crippen molar-refractivity contribution in [1.29, 1.82) is 0 Å². The molecule has 13 heteroatoms. The van der Waals surface area contributed by atoms with E-state index in [-0.39, 0.29) is 0 Å². The monoisotopic (exact) mass is 534 g/mol. The summed E-state index contributed by atoms with van der Waals surface area (Å²) in [6.45, 7) is 4.33. The van der Waals surface area contributed by atoms with Crippen molar-refractivity contribution in [3.63, 3.8) is 0 Å². The molecule has 10 nitrogen and oxygen atoms in total. The van der Waals surface area contributed by atoms with Gasteiger partial charge in [-0.2, -0.15) is 0 Å². The largest absolute Gasteiger partial charge is 0.481 e. The Morgan fingerprint density at radius 2 is 0.609 bits per heavy atom. The van der Waals surface area contributed by atoms with Crippen LogP contribution in [0.5, 0.6) is 0 Å². The van der Waals surface area contributed by atoms with E-state index in [1.807, 2.05) is 0 Å². The number of aliphatic carboxylic acids is 5. The van der Waals surface area contributed by atoms with E-state index in [0.29, 0.717) is 0 Å². The molecule has 0 aromatic heterocycles. The van der Waals surface area contributed by atoms with E-state index >= 15 is 0 Å². The first-order valence-corrected chi connectivity index (χ1v) is 7.33. The van der Waals surface area contributed by atoms with Crippen LogP contribution in [0.25, 0.3) is 0 Å². The van der Waals surface area contributed by atoms with Crippen molar-refractivity contribution in [2.45, 2.75) is 29.8 Å². The van der Waals surface area contributed by atoms with Crippen LogP contribution in [0.3, 0.4) is 0 Å². The minimum atomic E-state index is -1.15. The Hall–Kier alpha value is -1.21. The molecular formula is C10H17Br3O10. The van der Waals surface area contributed by atoms with E-state index < -0.39 is 32.0 Å². The third-order valence-electron chi connectivity index (χ3n) is 0.243. The number of carboxylic acid groups (broad SMARTS) is 5. The topological polar surface area (TPSA) is 186 Å². The Bertz CT molecular complexity index is 312. The molecular weight excluding hydrogens is 520 g/mol. The Kier molecular flexibility index (Phi) is 30.2. The van der Waals surface area contributed by atoms with Crippen LogP contribution < -0.4 is 0 Å². The minimum absolute atomic E-state index is 0.833. The molecule has 0 aliphatic heterocycles. The highest BCUT2D eigenvalue weighted by Crippen LogP contribution is 2.33. The molecule has 0 heterocycles. The number of halogens is 3. The predicted molar refractivity (Wildman–Crippen MR) is 90.4 cm³/mol. The van der Waals surface area contributed by atoms with Gasteiger partial charge in [0.2, 0.25) is 2.14 Å². The summed E-state index contributed by atoms with van der Waals surface area (Å²) in [5, 5.41) is 37.8. The van der Waals surface area contributed by atoms with E-state index in [1.165, 1.54) is 0 Å². The standard InChI is InChI=1S/C2HBr3O2.4C2H4O2/c3-2(4,5)1(6)7;4*1-2(3)4/h(H,6,7);4*1H3,(H,3,4). The lowest BCUT2D eigenvalue weighted by molar-refractivity contribution is -0.135. The Labute approximate surface area is 156 Å². The highest BCUT2D eigenvalue weighted by molar-refractivity contribution is 9.40. The van der Waals surface area contributed by atoms with Gasteiger partial charge in [-0.25, -0.2) is 4.79 Å². The van der Waals surface area contributed by atoms with Crippen LogP contribution in [0.1, 0.15) is 27.7 Å². The lowest BCUT2D eigenvalue weighted by atomic mass is 10.8. The molecule has 0 amide bonds. The van der Waals surface area contributed by atoms with Gasteiger partial charge in [-0.05, 0) is 47.8 Å². The van der Waals surface area contributed by atoms with Gasteiger partial charge in [-0.15, -0.1) is 0 Å². The van der Waals surface area contributed by atoms with Gasteiger partial charge in [0.1, 0.15) is 0 Å². The van der Waals surface area contributed by atoms with Crippen LogP contribution in [0.15, 0.2) is 0 Å². The molecule has 0 saturated heterocycles. The Morgan fingerprint density at radius 3 is 0.609 bits per heavy atom. The second kappa shape index (κ2) is 20.8. The van der Waals surface area contributed by atoms with Crippen molar-refractivity contribution in [1.82, 2.24) is 0 Å². The normalized spacial score (nSPS) is 7.78. The third-order valence-corrected chi connectivity index (χ3v) is 1.26. The molecule has 0 saturated carbocycles. The average molecular weight is 537 g/mol. The molecule has 0 bridgehead atoms. The first-order chi connectivity index (χ1) is 9.87. The van der Waals surface area contributed by atoms with E-state index in [1.54, 1.807) is 0 Å². The lowest BCUT2D eigenvalue weighted by Crippen LogP contribution is -2.14. The number of carbonyl (C=O) groups is 5. The van der Waals surface area contributed by atoms with Crippen LogP contribution in [0.4, 0.5) is 0 Å². The molecule has 23 heavy (non-hydrogen) atoms. The molecule has 0 radical (unpaired) electrons. The van der Waals surface area contributed by atoms with Crippen molar-refractivity contribution in [3.05, 3.63) is 0 Å². The quantitative estimate of drug-likeness (QED) is 0.287. The summed E-state index contributed by atoms with van der Waals surface area (Å²) in [5.74, 6) is -4.34. The number of hydrogen-bond donors (Lipinski definition) is 5. The highest BCUT2D eigenvalue weighted by Gasteiger charge is 2.27. The molecule has 0 aliphatic carbocycles. The maximum atomic E-state index is 9.88. The first-order valence-electron chi connectivity index (χ1n) is 4.96. The maximum Gasteiger partial charge on any atom is 0.342 e. The van der Waals surface area contributed by atoms with Gasteiger partial charge in [-0.1, -0.05) is 0 Å². The maximum absolute atomic E-state index is 9.88. The number of alkyl halides is 3. The Balaban J connectivity index is -0.0000000604. The molecule has 5 N–H and O–H groups in total. The van der Waals surface area contributed by atoms with Gasteiger partial charge in [0.05, 0.1) is 0 Å². The lowest BCUT2D eigenvalue weighted by Gasteiger charge is -2.01. The first kappa shape index (κ1) is 33.4. The molecule has 0 atom stereocenters. The summed E-state index contributed by atoms with van der Waals surface area (Å²) in [5.41, 5.74) is 0. The molecule has 0 aromatic rings. The van der Waals surface area contributed by atoms with Crippen molar-refractivity contribution < 1.29 is 49.5 Å². The second-order valence-electron chi connectivity index (χ2n) is 2.88. The van der Waals surface area contributed by atoms with Crippen LogP contribution in [0.2, 0.25) is 0 Å². The average Bonchev–Trinajstić information content (AvgIpc) is 2.10. The van der Waals surface area contributed by atoms with Crippen molar-refractivity contribution in [2.75, 3.05) is 0 Å². The molecule has 0 unspecified atom stereocenters. The van der Waals surface area contributed by atoms with E-state index in [0.717, 1.165) is 27.7 Å². The summed E-state index contributed by atoms with van der Waals surface area (Å²) < 4.78 is -1.15. The number of carboxylic acids is 5. The van der Waals surface area contributed by atoms with Gasteiger partial charge in [-0.3, -0.25) is 19.2 Å². The van der Waals surface area contributed by atoms with Crippen LogP contribution in [-0.2, 0) is 24.0 Å². The molecule has 0 aromatic carbocycles. The van der Waals surface area contributed by atoms with Gasteiger partial charge < -0.3 is 25.5 Å². The molecule has 0 fully saturated rings.